The van der Waals surface area contributed by atoms with E-state index in [1.807, 2.05) is 0 Å². The van der Waals surface area contributed by atoms with E-state index in [-0.39, 0.29) is 31.1 Å². The summed E-state index contributed by atoms with van der Waals surface area (Å²) in [6, 6.07) is 0. The molecule has 0 aromatic carbocycles. The third-order valence-electron chi connectivity index (χ3n) is 12.5. The monoisotopic (exact) mass is 937 g/mol. The lowest BCUT2D eigenvalue weighted by atomic mass is 10.1. The molecule has 0 rings (SSSR count). The Morgan fingerprint density at radius 3 is 0.925 bits per heavy atom. The van der Waals surface area contributed by atoms with Crippen molar-refractivity contribution in [1.29, 1.82) is 0 Å². The molecule has 0 radical (unpaired) electrons. The van der Waals surface area contributed by atoms with Crippen molar-refractivity contribution in [2.75, 3.05) is 13.2 Å². The maximum atomic E-state index is 12.8. The summed E-state index contributed by atoms with van der Waals surface area (Å²) in [6.45, 7) is 6.52. The molecule has 388 valence electrons. The van der Waals surface area contributed by atoms with Crippen molar-refractivity contribution in [3.05, 3.63) is 60.8 Å². The number of esters is 3. The summed E-state index contributed by atoms with van der Waals surface area (Å²) in [7, 11) is 0. The SMILES string of the molecule is CC/C=C\C/C=C\C/C=C\CCCCCCCC(=O)O[C@@H](COC(=O)CCCCCCC/C=C\CCCCCCCC)COC(=O)CCCCCCCCCCC/C=C\CCCCCCCC. The van der Waals surface area contributed by atoms with Crippen molar-refractivity contribution in [2.24, 2.45) is 0 Å². The largest absolute Gasteiger partial charge is 0.462 e. The molecule has 0 aliphatic heterocycles. The highest BCUT2D eigenvalue weighted by Crippen LogP contribution is 2.15. The summed E-state index contributed by atoms with van der Waals surface area (Å²) < 4.78 is 16.9. The molecule has 0 aromatic rings. The van der Waals surface area contributed by atoms with E-state index in [2.05, 4.69) is 81.5 Å². The van der Waals surface area contributed by atoms with Crippen LogP contribution in [0.15, 0.2) is 60.8 Å². The lowest BCUT2D eigenvalue weighted by Crippen LogP contribution is -2.30. The van der Waals surface area contributed by atoms with Crippen molar-refractivity contribution in [1.82, 2.24) is 0 Å². The van der Waals surface area contributed by atoms with Gasteiger partial charge in [0.25, 0.3) is 0 Å². The highest BCUT2D eigenvalue weighted by molar-refractivity contribution is 5.71. The van der Waals surface area contributed by atoms with Crippen LogP contribution in [0.1, 0.15) is 290 Å². The number of carbonyl (C=O) groups is 3. The second kappa shape index (κ2) is 55.7. The first-order valence-electron chi connectivity index (χ1n) is 28.8. The molecule has 0 saturated carbocycles. The third-order valence-corrected chi connectivity index (χ3v) is 12.5. The van der Waals surface area contributed by atoms with Crippen LogP contribution >= 0.6 is 0 Å². The van der Waals surface area contributed by atoms with Crippen molar-refractivity contribution < 1.29 is 28.6 Å². The summed E-state index contributed by atoms with van der Waals surface area (Å²) >= 11 is 0. The zero-order valence-electron chi connectivity index (χ0n) is 44.4. The molecule has 0 unspecified atom stereocenters. The van der Waals surface area contributed by atoms with E-state index >= 15 is 0 Å². The predicted octanol–water partition coefficient (Wildman–Crippen LogP) is 19.2. The van der Waals surface area contributed by atoms with Crippen molar-refractivity contribution in [2.45, 2.75) is 297 Å². The van der Waals surface area contributed by atoms with Crippen LogP contribution in [0.2, 0.25) is 0 Å². The molecular formula is C61H108O6. The summed E-state index contributed by atoms with van der Waals surface area (Å²) in [5.74, 6) is -0.901. The smallest absolute Gasteiger partial charge is 0.306 e. The fourth-order valence-electron chi connectivity index (χ4n) is 8.15. The van der Waals surface area contributed by atoms with Crippen LogP contribution in [0, 0.1) is 0 Å². The summed E-state index contributed by atoms with van der Waals surface area (Å²) in [5.41, 5.74) is 0. The molecule has 0 amide bonds. The van der Waals surface area contributed by atoms with E-state index in [1.54, 1.807) is 0 Å². The van der Waals surface area contributed by atoms with Crippen LogP contribution < -0.4 is 0 Å². The van der Waals surface area contributed by atoms with Crippen LogP contribution in [-0.4, -0.2) is 37.2 Å². The van der Waals surface area contributed by atoms with Gasteiger partial charge in [0.1, 0.15) is 13.2 Å². The van der Waals surface area contributed by atoms with Crippen molar-refractivity contribution in [3.63, 3.8) is 0 Å². The average Bonchev–Trinajstić information content (AvgIpc) is 3.33. The molecule has 0 aliphatic rings. The minimum atomic E-state index is -0.787. The molecule has 0 aliphatic carbocycles. The third kappa shape index (κ3) is 53.9. The zero-order chi connectivity index (χ0) is 48.6. The first-order chi connectivity index (χ1) is 33.0. The summed E-state index contributed by atoms with van der Waals surface area (Å²) in [5, 5.41) is 0. The number of hydrogen-bond acceptors (Lipinski definition) is 6. The minimum absolute atomic E-state index is 0.0839. The molecule has 0 bridgehead atoms. The van der Waals surface area contributed by atoms with Gasteiger partial charge in [-0.05, 0) is 103 Å². The van der Waals surface area contributed by atoms with Gasteiger partial charge >= 0.3 is 17.9 Å². The molecule has 0 spiro atoms. The van der Waals surface area contributed by atoms with Crippen LogP contribution in [0.4, 0.5) is 0 Å². The van der Waals surface area contributed by atoms with Crippen molar-refractivity contribution in [3.8, 4) is 0 Å². The molecule has 67 heavy (non-hydrogen) atoms. The maximum Gasteiger partial charge on any atom is 0.306 e. The van der Waals surface area contributed by atoms with E-state index in [1.165, 1.54) is 148 Å². The second-order valence-corrected chi connectivity index (χ2v) is 19.2. The Morgan fingerprint density at radius 1 is 0.313 bits per heavy atom. The van der Waals surface area contributed by atoms with Gasteiger partial charge in [-0.25, -0.2) is 0 Å². The Hall–Kier alpha value is -2.89. The van der Waals surface area contributed by atoms with Gasteiger partial charge in [-0.3, -0.25) is 14.4 Å². The zero-order valence-corrected chi connectivity index (χ0v) is 44.4. The van der Waals surface area contributed by atoms with Crippen LogP contribution in [0.25, 0.3) is 0 Å². The molecule has 6 nitrogen and oxygen atoms in total. The van der Waals surface area contributed by atoms with Crippen LogP contribution in [-0.2, 0) is 28.6 Å². The number of unbranched alkanes of at least 4 members (excludes halogenated alkanes) is 31. The van der Waals surface area contributed by atoms with Crippen molar-refractivity contribution >= 4 is 17.9 Å². The normalized spacial score (nSPS) is 12.5. The van der Waals surface area contributed by atoms with Gasteiger partial charge in [-0.2, -0.15) is 0 Å². The van der Waals surface area contributed by atoms with Crippen LogP contribution in [0.3, 0.4) is 0 Å². The molecule has 1 atom stereocenters. The molecule has 0 aromatic heterocycles. The first kappa shape index (κ1) is 64.1. The fraction of sp³-hybridized carbons (Fsp3) is 0.787. The molecule has 0 saturated heterocycles. The average molecular weight is 938 g/mol. The van der Waals surface area contributed by atoms with E-state index in [4.69, 9.17) is 14.2 Å². The number of ether oxygens (including phenoxy) is 3. The van der Waals surface area contributed by atoms with E-state index in [0.717, 1.165) is 103 Å². The Kier molecular flexibility index (Phi) is 53.3. The molecule has 0 fully saturated rings. The number of hydrogen-bond donors (Lipinski definition) is 0. The quantitative estimate of drug-likeness (QED) is 0.0262. The fourth-order valence-corrected chi connectivity index (χ4v) is 8.15. The van der Waals surface area contributed by atoms with E-state index in [9.17, 15) is 14.4 Å². The lowest BCUT2D eigenvalue weighted by Gasteiger charge is -2.18. The Morgan fingerprint density at radius 2 is 0.582 bits per heavy atom. The van der Waals surface area contributed by atoms with Gasteiger partial charge in [0.2, 0.25) is 0 Å². The molecular weight excluding hydrogens is 829 g/mol. The van der Waals surface area contributed by atoms with Gasteiger partial charge in [0.05, 0.1) is 0 Å². The van der Waals surface area contributed by atoms with Gasteiger partial charge in [-0.1, -0.05) is 229 Å². The number of rotatable bonds is 52. The highest BCUT2D eigenvalue weighted by atomic mass is 16.6. The number of allylic oxidation sites excluding steroid dienone is 10. The van der Waals surface area contributed by atoms with Gasteiger partial charge in [-0.15, -0.1) is 0 Å². The van der Waals surface area contributed by atoms with Gasteiger partial charge < -0.3 is 14.2 Å². The Balaban J connectivity index is 4.38. The highest BCUT2D eigenvalue weighted by Gasteiger charge is 2.19. The minimum Gasteiger partial charge on any atom is -0.462 e. The van der Waals surface area contributed by atoms with E-state index < -0.39 is 6.10 Å². The van der Waals surface area contributed by atoms with Crippen LogP contribution in [0.5, 0.6) is 0 Å². The Bertz CT molecular complexity index is 1210. The second-order valence-electron chi connectivity index (χ2n) is 19.2. The standard InChI is InChI=1S/C61H108O6/c1-4-7-10-13-16-19-22-25-28-29-30-31-34-36-39-42-45-48-51-54-60(63)66-57-58(67-61(64)55-52-49-46-43-40-37-33-27-24-21-18-15-12-9-6-3)56-65-59(62)53-50-47-44-41-38-35-32-26-23-20-17-14-11-8-5-2/h9,12,18,21,25-28,32-33,58H,4-8,10-11,13-17,19-20,22-24,29-31,34-57H2,1-3H3/b12-9-,21-18-,28-25-,32-26-,33-27-/t58-/m0/s1. The lowest BCUT2D eigenvalue weighted by molar-refractivity contribution is -0.167. The maximum absolute atomic E-state index is 12.8. The number of carbonyl (C=O) groups excluding carboxylic acids is 3. The molecule has 0 heterocycles. The molecule has 6 heteroatoms. The summed E-state index contributed by atoms with van der Waals surface area (Å²) in [4.78, 5) is 38.1. The molecule has 0 N–H and O–H groups in total. The topological polar surface area (TPSA) is 78.9 Å². The predicted molar refractivity (Wildman–Crippen MR) is 288 cm³/mol. The Labute approximate surface area is 415 Å². The van der Waals surface area contributed by atoms with E-state index in [0.29, 0.717) is 19.3 Å². The summed E-state index contributed by atoms with van der Waals surface area (Å²) in [6.07, 6.45) is 69.2. The first-order valence-corrected chi connectivity index (χ1v) is 28.8. The van der Waals surface area contributed by atoms with Gasteiger partial charge in [0, 0.05) is 19.3 Å². The van der Waals surface area contributed by atoms with Gasteiger partial charge in [0.15, 0.2) is 6.10 Å².